The predicted molar refractivity (Wildman–Crippen MR) is 80.8 cm³/mol. The van der Waals surface area contributed by atoms with Crippen molar-refractivity contribution in [3.8, 4) is 0 Å². The standard InChI is InChI=1S/C15H23BrN2/c1-11-10-18(9-8-15(11)17-3)12(2)13-4-6-14(16)7-5-13/h4-7,11-12,15,17H,8-10H2,1-3H3. The van der Waals surface area contributed by atoms with E-state index in [0.29, 0.717) is 12.1 Å². The molecule has 2 nitrogen and oxygen atoms in total. The van der Waals surface area contributed by atoms with Gasteiger partial charge < -0.3 is 5.32 Å². The minimum Gasteiger partial charge on any atom is -0.317 e. The Morgan fingerprint density at radius 2 is 2.00 bits per heavy atom. The zero-order valence-electron chi connectivity index (χ0n) is 11.5. The Bertz CT molecular complexity index is 377. The minimum atomic E-state index is 0.512. The molecule has 3 heteroatoms. The second kappa shape index (κ2) is 6.18. The Morgan fingerprint density at radius 1 is 1.33 bits per heavy atom. The molecule has 0 bridgehead atoms. The summed E-state index contributed by atoms with van der Waals surface area (Å²) >= 11 is 3.50. The van der Waals surface area contributed by atoms with E-state index in [1.165, 1.54) is 25.1 Å². The van der Waals surface area contributed by atoms with Gasteiger partial charge in [-0.1, -0.05) is 35.0 Å². The Morgan fingerprint density at radius 3 is 2.56 bits per heavy atom. The summed E-state index contributed by atoms with van der Waals surface area (Å²) in [5.74, 6) is 0.724. The van der Waals surface area contributed by atoms with E-state index >= 15 is 0 Å². The molecule has 100 valence electrons. The molecule has 1 fully saturated rings. The normalized spacial score (nSPS) is 27.1. The Balaban J connectivity index is 2.02. The summed E-state index contributed by atoms with van der Waals surface area (Å²) in [4.78, 5) is 2.60. The van der Waals surface area contributed by atoms with E-state index in [-0.39, 0.29) is 0 Å². The van der Waals surface area contributed by atoms with Crippen LogP contribution < -0.4 is 5.32 Å². The first-order valence-electron chi connectivity index (χ1n) is 6.78. The van der Waals surface area contributed by atoms with Crippen molar-refractivity contribution in [3.63, 3.8) is 0 Å². The average Bonchev–Trinajstić information content (AvgIpc) is 2.38. The fourth-order valence-corrected chi connectivity index (χ4v) is 3.17. The van der Waals surface area contributed by atoms with Crippen LogP contribution in [-0.2, 0) is 0 Å². The summed E-state index contributed by atoms with van der Waals surface area (Å²) in [6.07, 6.45) is 1.25. The predicted octanol–water partition coefficient (Wildman–Crippen LogP) is 3.44. The van der Waals surface area contributed by atoms with Gasteiger partial charge in [0.15, 0.2) is 0 Å². The number of hydrogen-bond acceptors (Lipinski definition) is 2. The summed E-state index contributed by atoms with van der Waals surface area (Å²) < 4.78 is 1.15. The van der Waals surface area contributed by atoms with Crippen LogP contribution in [0.1, 0.15) is 31.9 Å². The largest absolute Gasteiger partial charge is 0.317 e. The molecule has 0 radical (unpaired) electrons. The van der Waals surface area contributed by atoms with Crippen molar-refractivity contribution in [1.82, 2.24) is 10.2 Å². The van der Waals surface area contributed by atoms with E-state index < -0.39 is 0 Å². The maximum absolute atomic E-state index is 3.50. The summed E-state index contributed by atoms with van der Waals surface area (Å²) in [5, 5.41) is 3.43. The smallest absolute Gasteiger partial charge is 0.0320 e. The van der Waals surface area contributed by atoms with Crippen LogP contribution in [0.25, 0.3) is 0 Å². The molecular formula is C15H23BrN2. The van der Waals surface area contributed by atoms with Crippen LogP contribution in [0.15, 0.2) is 28.7 Å². The molecule has 18 heavy (non-hydrogen) atoms. The van der Waals surface area contributed by atoms with E-state index in [0.717, 1.165) is 10.4 Å². The number of rotatable bonds is 3. The quantitative estimate of drug-likeness (QED) is 0.920. The van der Waals surface area contributed by atoms with Gasteiger partial charge in [-0.25, -0.2) is 0 Å². The molecule has 0 amide bonds. The van der Waals surface area contributed by atoms with Gasteiger partial charge in [0.05, 0.1) is 0 Å². The van der Waals surface area contributed by atoms with Gasteiger partial charge in [-0.05, 0) is 44.0 Å². The van der Waals surface area contributed by atoms with Gasteiger partial charge in [0.2, 0.25) is 0 Å². The Hall–Kier alpha value is -0.380. The van der Waals surface area contributed by atoms with Crippen molar-refractivity contribution in [2.24, 2.45) is 5.92 Å². The summed E-state index contributed by atoms with van der Waals surface area (Å²) in [6.45, 7) is 7.03. The number of halogens is 1. The molecular weight excluding hydrogens is 288 g/mol. The second-order valence-corrected chi connectivity index (χ2v) is 6.30. The summed E-state index contributed by atoms with van der Waals surface area (Å²) in [7, 11) is 2.08. The molecule has 0 saturated carbocycles. The van der Waals surface area contributed by atoms with Crippen molar-refractivity contribution >= 4 is 15.9 Å². The molecule has 1 aromatic rings. The second-order valence-electron chi connectivity index (χ2n) is 5.38. The number of benzene rings is 1. The van der Waals surface area contributed by atoms with E-state index in [1.807, 2.05) is 0 Å². The summed E-state index contributed by atoms with van der Waals surface area (Å²) in [6, 6.07) is 9.91. The van der Waals surface area contributed by atoms with Crippen LogP contribution >= 0.6 is 15.9 Å². The molecule has 0 aromatic heterocycles. The highest BCUT2D eigenvalue weighted by molar-refractivity contribution is 9.10. The van der Waals surface area contributed by atoms with Gasteiger partial charge in [0.1, 0.15) is 0 Å². The molecule has 2 rings (SSSR count). The van der Waals surface area contributed by atoms with Crippen LogP contribution in [0, 0.1) is 5.92 Å². The molecule has 1 aliphatic heterocycles. The first kappa shape index (κ1) is 14.0. The zero-order valence-corrected chi connectivity index (χ0v) is 13.1. The molecule has 3 atom stereocenters. The highest BCUT2D eigenvalue weighted by atomic mass is 79.9. The summed E-state index contributed by atoms with van der Waals surface area (Å²) in [5.41, 5.74) is 1.41. The lowest BCUT2D eigenvalue weighted by atomic mass is 9.92. The molecule has 1 heterocycles. The lowest BCUT2D eigenvalue weighted by molar-refractivity contribution is 0.114. The third-order valence-corrected chi connectivity index (χ3v) is 4.74. The number of piperidine rings is 1. The highest BCUT2D eigenvalue weighted by Gasteiger charge is 2.27. The molecule has 1 aliphatic rings. The van der Waals surface area contributed by atoms with Crippen molar-refractivity contribution < 1.29 is 0 Å². The van der Waals surface area contributed by atoms with Crippen molar-refractivity contribution in [3.05, 3.63) is 34.3 Å². The van der Waals surface area contributed by atoms with Crippen LogP contribution in [0.4, 0.5) is 0 Å². The molecule has 0 aliphatic carbocycles. The number of likely N-dealkylation sites (tertiary alicyclic amines) is 1. The maximum Gasteiger partial charge on any atom is 0.0320 e. The first-order chi connectivity index (χ1) is 8.61. The maximum atomic E-state index is 3.50. The average molecular weight is 311 g/mol. The van der Waals surface area contributed by atoms with Crippen LogP contribution in [0.5, 0.6) is 0 Å². The third kappa shape index (κ3) is 3.14. The SMILES string of the molecule is CNC1CCN(C(C)c2ccc(Br)cc2)CC1C. The van der Waals surface area contributed by atoms with E-state index in [1.54, 1.807) is 0 Å². The lowest BCUT2D eigenvalue weighted by Crippen LogP contribution is -2.47. The molecule has 1 saturated heterocycles. The van der Waals surface area contributed by atoms with Gasteiger partial charge in [-0.2, -0.15) is 0 Å². The van der Waals surface area contributed by atoms with Gasteiger partial charge in [0, 0.05) is 29.6 Å². The van der Waals surface area contributed by atoms with Crippen molar-refractivity contribution in [2.75, 3.05) is 20.1 Å². The number of nitrogens with zero attached hydrogens (tertiary/aromatic N) is 1. The highest BCUT2D eigenvalue weighted by Crippen LogP contribution is 2.27. The van der Waals surface area contributed by atoms with Crippen molar-refractivity contribution in [2.45, 2.75) is 32.4 Å². The Labute approximate surface area is 119 Å². The molecule has 0 spiro atoms. The van der Waals surface area contributed by atoms with Crippen molar-refractivity contribution in [1.29, 1.82) is 0 Å². The number of nitrogens with one attached hydrogen (secondary N) is 1. The monoisotopic (exact) mass is 310 g/mol. The van der Waals surface area contributed by atoms with Gasteiger partial charge in [0.25, 0.3) is 0 Å². The molecule has 3 unspecified atom stereocenters. The minimum absolute atomic E-state index is 0.512. The van der Waals surface area contributed by atoms with Gasteiger partial charge in [-0.3, -0.25) is 4.90 Å². The van der Waals surface area contributed by atoms with E-state index in [2.05, 4.69) is 71.3 Å². The van der Waals surface area contributed by atoms with E-state index in [4.69, 9.17) is 0 Å². The topological polar surface area (TPSA) is 15.3 Å². The van der Waals surface area contributed by atoms with E-state index in [9.17, 15) is 0 Å². The molecule has 1 N–H and O–H groups in total. The van der Waals surface area contributed by atoms with Crippen LogP contribution in [0.2, 0.25) is 0 Å². The van der Waals surface area contributed by atoms with Gasteiger partial charge >= 0.3 is 0 Å². The van der Waals surface area contributed by atoms with Crippen LogP contribution in [0.3, 0.4) is 0 Å². The lowest BCUT2D eigenvalue weighted by Gasteiger charge is -2.40. The third-order valence-electron chi connectivity index (χ3n) is 4.21. The molecule has 1 aromatic carbocycles. The fourth-order valence-electron chi connectivity index (χ4n) is 2.91. The zero-order chi connectivity index (χ0) is 13.1. The fraction of sp³-hybridized carbons (Fsp3) is 0.600. The van der Waals surface area contributed by atoms with Crippen LogP contribution in [-0.4, -0.2) is 31.1 Å². The van der Waals surface area contributed by atoms with Gasteiger partial charge in [-0.15, -0.1) is 0 Å². The number of hydrogen-bond donors (Lipinski definition) is 1. The Kier molecular flexibility index (Phi) is 4.82. The first-order valence-corrected chi connectivity index (χ1v) is 7.58.